The van der Waals surface area contributed by atoms with E-state index in [4.69, 9.17) is 0 Å². The van der Waals surface area contributed by atoms with Gasteiger partial charge in [-0.3, -0.25) is 9.97 Å². The van der Waals surface area contributed by atoms with Crippen LogP contribution in [0.1, 0.15) is 13.8 Å². The Morgan fingerprint density at radius 2 is 1.19 bits per heavy atom. The fourth-order valence-electron chi connectivity index (χ4n) is 2.60. The molecule has 0 bridgehead atoms. The van der Waals surface area contributed by atoms with Crippen LogP contribution in [0.25, 0.3) is 21.8 Å². The summed E-state index contributed by atoms with van der Waals surface area (Å²) in [4.78, 5) is 20.7. The molecular weight excluding hydrogens is 324 g/mol. The largest absolute Gasteiger partial charge is 0.323 e. The van der Waals surface area contributed by atoms with Gasteiger partial charge in [-0.25, -0.2) is 4.79 Å². The van der Waals surface area contributed by atoms with Gasteiger partial charge in [-0.15, -0.1) is 0 Å². The third kappa shape index (κ3) is 3.95. The van der Waals surface area contributed by atoms with Gasteiger partial charge in [-0.05, 0) is 48.5 Å². The predicted molar refractivity (Wildman–Crippen MR) is 107 cm³/mol. The minimum absolute atomic E-state index is 0.290. The van der Waals surface area contributed by atoms with Crippen molar-refractivity contribution < 1.29 is 4.79 Å². The maximum atomic E-state index is 12.2. The highest BCUT2D eigenvalue weighted by Gasteiger charge is 2.05. The number of anilines is 2. The number of amides is 2. The van der Waals surface area contributed by atoms with Crippen LogP contribution in [0.3, 0.4) is 0 Å². The number of nitrogens with one attached hydrogen (secondary N) is 2. The first-order valence-electron chi connectivity index (χ1n) is 8.55. The Bertz CT molecular complexity index is 963. The maximum absolute atomic E-state index is 12.2. The SMILES string of the molecule is CC.O=C(Nc1ccc2ncccc2c1)Nc1ccc2ncccc2c1. The number of nitrogens with zero attached hydrogens (tertiary/aromatic N) is 2. The second kappa shape index (κ2) is 8.07. The molecule has 0 radical (unpaired) electrons. The molecule has 5 nitrogen and oxygen atoms in total. The molecule has 2 aromatic heterocycles. The molecule has 2 heterocycles. The molecule has 2 amide bonds. The lowest BCUT2D eigenvalue weighted by atomic mass is 10.2. The zero-order valence-electron chi connectivity index (χ0n) is 14.7. The lowest BCUT2D eigenvalue weighted by Gasteiger charge is -2.09. The highest BCUT2D eigenvalue weighted by atomic mass is 16.2. The molecule has 5 heteroatoms. The number of fused-ring (bicyclic) bond motifs is 2. The minimum atomic E-state index is -0.290. The summed E-state index contributed by atoms with van der Waals surface area (Å²) in [6.45, 7) is 4.00. The summed E-state index contributed by atoms with van der Waals surface area (Å²) in [5, 5.41) is 7.63. The molecule has 0 aliphatic rings. The normalized spacial score (nSPS) is 10.1. The Balaban J connectivity index is 0.000000948. The van der Waals surface area contributed by atoms with Crippen molar-refractivity contribution in [3.8, 4) is 0 Å². The molecule has 4 rings (SSSR count). The van der Waals surface area contributed by atoms with E-state index in [1.165, 1.54) is 0 Å². The van der Waals surface area contributed by atoms with Crippen molar-refractivity contribution in [2.75, 3.05) is 10.6 Å². The summed E-state index contributed by atoms with van der Waals surface area (Å²) >= 11 is 0. The third-order valence-corrected chi connectivity index (χ3v) is 3.72. The van der Waals surface area contributed by atoms with Gasteiger partial charge in [-0.2, -0.15) is 0 Å². The van der Waals surface area contributed by atoms with E-state index in [9.17, 15) is 4.79 Å². The second-order valence-electron chi connectivity index (χ2n) is 5.40. The van der Waals surface area contributed by atoms with Crippen LogP contribution in [0, 0.1) is 0 Å². The number of rotatable bonds is 2. The molecule has 130 valence electrons. The van der Waals surface area contributed by atoms with E-state index in [0.29, 0.717) is 0 Å². The fraction of sp³-hybridized carbons (Fsp3) is 0.0952. The zero-order chi connectivity index (χ0) is 18.4. The third-order valence-electron chi connectivity index (χ3n) is 3.72. The lowest BCUT2D eigenvalue weighted by molar-refractivity contribution is 0.262. The van der Waals surface area contributed by atoms with Crippen LogP contribution in [0.4, 0.5) is 16.2 Å². The molecule has 2 N–H and O–H groups in total. The standard InChI is InChI=1S/C19H14N4O.C2H6/c24-19(22-15-5-7-17-13(11-15)3-1-9-20-17)23-16-6-8-18-14(12-16)4-2-10-21-18;1-2/h1-12H,(H2,22,23,24);1-2H3. The van der Waals surface area contributed by atoms with E-state index >= 15 is 0 Å². The van der Waals surface area contributed by atoms with Crippen molar-refractivity contribution in [3.05, 3.63) is 73.1 Å². The van der Waals surface area contributed by atoms with Gasteiger partial charge in [-0.1, -0.05) is 26.0 Å². The lowest BCUT2D eigenvalue weighted by Crippen LogP contribution is -2.19. The summed E-state index contributed by atoms with van der Waals surface area (Å²) < 4.78 is 0. The molecule has 0 spiro atoms. The van der Waals surface area contributed by atoms with E-state index in [2.05, 4.69) is 20.6 Å². The van der Waals surface area contributed by atoms with Crippen molar-refractivity contribution >= 4 is 39.2 Å². The molecule has 0 unspecified atom stereocenters. The van der Waals surface area contributed by atoms with Crippen LogP contribution in [-0.2, 0) is 0 Å². The van der Waals surface area contributed by atoms with E-state index in [1.807, 2.05) is 74.5 Å². The number of urea groups is 1. The predicted octanol–water partition coefficient (Wildman–Crippen LogP) is 5.45. The van der Waals surface area contributed by atoms with Gasteiger partial charge in [0.2, 0.25) is 0 Å². The number of benzene rings is 2. The van der Waals surface area contributed by atoms with Gasteiger partial charge in [0.15, 0.2) is 0 Å². The Morgan fingerprint density at radius 1 is 0.731 bits per heavy atom. The minimum Gasteiger partial charge on any atom is -0.308 e. The number of carbonyl (C=O) groups is 1. The molecule has 0 saturated carbocycles. The first kappa shape index (κ1) is 17.4. The Kier molecular flexibility index (Phi) is 5.39. The van der Waals surface area contributed by atoms with E-state index in [0.717, 1.165) is 33.2 Å². The van der Waals surface area contributed by atoms with Gasteiger partial charge in [0, 0.05) is 34.5 Å². The molecule has 0 saturated heterocycles. The van der Waals surface area contributed by atoms with Crippen LogP contribution in [0.2, 0.25) is 0 Å². The monoisotopic (exact) mass is 344 g/mol. The van der Waals surface area contributed by atoms with Gasteiger partial charge in [0.05, 0.1) is 11.0 Å². The summed E-state index contributed by atoms with van der Waals surface area (Å²) in [5.74, 6) is 0. The highest BCUT2D eigenvalue weighted by Crippen LogP contribution is 2.19. The summed E-state index contributed by atoms with van der Waals surface area (Å²) in [6, 6.07) is 18.6. The van der Waals surface area contributed by atoms with Gasteiger partial charge in [0.25, 0.3) is 0 Å². The van der Waals surface area contributed by atoms with Crippen LogP contribution in [0.15, 0.2) is 73.1 Å². The van der Waals surface area contributed by atoms with Gasteiger partial charge >= 0.3 is 6.03 Å². The molecule has 0 aliphatic carbocycles. The van der Waals surface area contributed by atoms with Gasteiger partial charge < -0.3 is 10.6 Å². The quantitative estimate of drug-likeness (QED) is 0.508. The number of hydrogen-bond donors (Lipinski definition) is 2. The van der Waals surface area contributed by atoms with Crippen LogP contribution < -0.4 is 10.6 Å². The zero-order valence-corrected chi connectivity index (χ0v) is 14.7. The summed E-state index contributed by atoms with van der Waals surface area (Å²) in [5.41, 5.74) is 3.22. The Morgan fingerprint density at radius 3 is 1.65 bits per heavy atom. The molecule has 0 aliphatic heterocycles. The summed E-state index contributed by atoms with van der Waals surface area (Å²) in [6.07, 6.45) is 3.49. The van der Waals surface area contributed by atoms with E-state index in [1.54, 1.807) is 12.4 Å². The van der Waals surface area contributed by atoms with Crippen LogP contribution in [0.5, 0.6) is 0 Å². The second-order valence-corrected chi connectivity index (χ2v) is 5.40. The topological polar surface area (TPSA) is 66.9 Å². The molecule has 26 heavy (non-hydrogen) atoms. The fourth-order valence-corrected chi connectivity index (χ4v) is 2.60. The Labute approximate surface area is 152 Å². The highest BCUT2D eigenvalue weighted by molar-refractivity contribution is 6.01. The van der Waals surface area contributed by atoms with Crippen LogP contribution in [-0.4, -0.2) is 16.0 Å². The average Bonchev–Trinajstić information content (AvgIpc) is 2.69. The van der Waals surface area contributed by atoms with Crippen molar-refractivity contribution in [1.29, 1.82) is 0 Å². The summed E-state index contributed by atoms with van der Waals surface area (Å²) in [7, 11) is 0. The van der Waals surface area contributed by atoms with Crippen molar-refractivity contribution in [3.63, 3.8) is 0 Å². The van der Waals surface area contributed by atoms with Crippen molar-refractivity contribution in [2.24, 2.45) is 0 Å². The Hall–Kier alpha value is -3.47. The molecule has 2 aromatic carbocycles. The molecule has 0 atom stereocenters. The number of aromatic nitrogens is 2. The van der Waals surface area contributed by atoms with E-state index < -0.39 is 0 Å². The van der Waals surface area contributed by atoms with E-state index in [-0.39, 0.29) is 6.03 Å². The first-order valence-corrected chi connectivity index (χ1v) is 8.55. The molecule has 0 fully saturated rings. The maximum Gasteiger partial charge on any atom is 0.323 e. The van der Waals surface area contributed by atoms with Crippen LogP contribution >= 0.6 is 0 Å². The van der Waals surface area contributed by atoms with Gasteiger partial charge in [0.1, 0.15) is 0 Å². The first-order chi connectivity index (χ1) is 12.8. The number of carbonyl (C=O) groups excluding carboxylic acids is 1. The smallest absolute Gasteiger partial charge is 0.308 e. The number of hydrogen-bond acceptors (Lipinski definition) is 3. The molecule has 4 aromatic rings. The van der Waals surface area contributed by atoms with Crippen molar-refractivity contribution in [1.82, 2.24) is 9.97 Å². The van der Waals surface area contributed by atoms with Crippen molar-refractivity contribution in [2.45, 2.75) is 13.8 Å². The molecular formula is C21H20N4O. The average molecular weight is 344 g/mol. The number of pyridine rings is 2.